The second kappa shape index (κ2) is 5.96. The molecule has 4 nitrogen and oxygen atoms in total. The molecule has 5 heteroatoms. The highest BCUT2D eigenvalue weighted by atomic mass is 32.2. The molecule has 0 fully saturated rings. The van der Waals surface area contributed by atoms with Crippen molar-refractivity contribution in [2.24, 2.45) is 0 Å². The van der Waals surface area contributed by atoms with Crippen LogP contribution in [0.3, 0.4) is 0 Å². The Kier molecular flexibility index (Phi) is 4.89. The Hall–Kier alpha value is -0.940. The first kappa shape index (κ1) is 13.1. The van der Waals surface area contributed by atoms with Gasteiger partial charge in [0.2, 0.25) is 5.76 Å². The zero-order valence-corrected chi connectivity index (χ0v) is 10.6. The first-order chi connectivity index (χ1) is 7.54. The first-order valence-electron chi connectivity index (χ1n) is 5.10. The van der Waals surface area contributed by atoms with E-state index in [1.807, 2.05) is 0 Å². The van der Waals surface area contributed by atoms with Crippen molar-refractivity contribution in [3.8, 4) is 0 Å². The Morgan fingerprint density at radius 1 is 1.69 bits per heavy atom. The van der Waals surface area contributed by atoms with Gasteiger partial charge in [0.05, 0.1) is 0 Å². The fourth-order valence-electron chi connectivity index (χ4n) is 1.29. The Morgan fingerprint density at radius 2 is 2.38 bits per heavy atom. The van der Waals surface area contributed by atoms with Crippen molar-refractivity contribution in [3.05, 3.63) is 23.2 Å². The number of carboxylic acid groups (broad SMARTS) is 1. The van der Waals surface area contributed by atoms with Crippen LogP contribution < -0.4 is 5.32 Å². The summed E-state index contributed by atoms with van der Waals surface area (Å²) in [4.78, 5) is 10.7. The summed E-state index contributed by atoms with van der Waals surface area (Å²) < 4.78 is 5.12. The van der Waals surface area contributed by atoms with Crippen LogP contribution >= 0.6 is 11.8 Å². The van der Waals surface area contributed by atoms with Gasteiger partial charge in [0, 0.05) is 23.9 Å². The van der Waals surface area contributed by atoms with E-state index in [4.69, 9.17) is 9.52 Å². The van der Waals surface area contributed by atoms with Gasteiger partial charge in [-0.05, 0) is 19.2 Å². The lowest BCUT2D eigenvalue weighted by Gasteiger charge is -2.08. The minimum Gasteiger partial charge on any atom is -0.475 e. The lowest BCUT2D eigenvalue weighted by atomic mass is 10.2. The predicted molar refractivity (Wildman–Crippen MR) is 65.1 cm³/mol. The van der Waals surface area contributed by atoms with Crippen LogP contribution in [-0.2, 0) is 6.54 Å². The van der Waals surface area contributed by atoms with Gasteiger partial charge in [0.15, 0.2) is 0 Å². The zero-order chi connectivity index (χ0) is 12.1. The summed E-state index contributed by atoms with van der Waals surface area (Å²) in [5, 5.41) is 12.6. The lowest BCUT2D eigenvalue weighted by molar-refractivity contribution is 0.0661. The number of rotatable bonds is 6. The third-order valence-electron chi connectivity index (χ3n) is 2.38. The summed E-state index contributed by atoms with van der Waals surface area (Å²) in [6, 6.07) is 1.58. The molecule has 0 bridgehead atoms. The van der Waals surface area contributed by atoms with E-state index in [0.29, 0.717) is 17.6 Å². The molecule has 0 saturated carbocycles. The SMILES string of the molecule is CSC(C)CNCc1cc(C(=O)O)oc1C. The zero-order valence-electron chi connectivity index (χ0n) is 9.74. The van der Waals surface area contributed by atoms with E-state index in [2.05, 4.69) is 18.5 Å². The smallest absolute Gasteiger partial charge is 0.371 e. The number of carboxylic acids is 1. The number of aromatic carboxylic acids is 1. The van der Waals surface area contributed by atoms with Gasteiger partial charge >= 0.3 is 5.97 Å². The Balaban J connectivity index is 2.51. The van der Waals surface area contributed by atoms with E-state index in [0.717, 1.165) is 12.1 Å². The maximum atomic E-state index is 10.7. The van der Waals surface area contributed by atoms with Gasteiger partial charge in [0.1, 0.15) is 5.76 Å². The number of aryl methyl sites for hydroxylation is 1. The van der Waals surface area contributed by atoms with Crippen LogP contribution in [-0.4, -0.2) is 29.1 Å². The fourth-order valence-corrected chi connectivity index (χ4v) is 1.58. The summed E-state index contributed by atoms with van der Waals surface area (Å²) in [6.07, 6.45) is 2.07. The van der Waals surface area contributed by atoms with Crippen molar-refractivity contribution >= 4 is 17.7 Å². The molecule has 2 N–H and O–H groups in total. The molecule has 0 saturated heterocycles. The molecule has 1 aromatic heterocycles. The van der Waals surface area contributed by atoms with Crippen LogP contribution in [0.4, 0.5) is 0 Å². The molecule has 1 rings (SSSR count). The number of thioether (sulfide) groups is 1. The Bertz CT molecular complexity index is 362. The van der Waals surface area contributed by atoms with E-state index < -0.39 is 5.97 Å². The molecule has 1 heterocycles. The van der Waals surface area contributed by atoms with Gasteiger partial charge in [-0.1, -0.05) is 6.92 Å². The predicted octanol–water partition coefficient (Wildman–Crippen LogP) is 2.13. The molecule has 0 spiro atoms. The third-order valence-corrected chi connectivity index (χ3v) is 3.35. The van der Waals surface area contributed by atoms with Crippen molar-refractivity contribution < 1.29 is 14.3 Å². The minimum atomic E-state index is -1.02. The normalized spacial score (nSPS) is 12.7. The summed E-state index contributed by atoms with van der Waals surface area (Å²) in [5.41, 5.74) is 0.908. The van der Waals surface area contributed by atoms with Crippen LogP contribution in [0.25, 0.3) is 0 Å². The van der Waals surface area contributed by atoms with Gasteiger partial charge in [-0.15, -0.1) is 0 Å². The van der Waals surface area contributed by atoms with Crippen LogP contribution in [0.2, 0.25) is 0 Å². The van der Waals surface area contributed by atoms with Gasteiger partial charge in [-0.25, -0.2) is 4.79 Å². The summed E-state index contributed by atoms with van der Waals surface area (Å²) in [6.45, 7) is 5.46. The molecular formula is C11H17NO3S. The van der Waals surface area contributed by atoms with Gasteiger partial charge < -0.3 is 14.8 Å². The Morgan fingerprint density at radius 3 is 2.88 bits per heavy atom. The van der Waals surface area contributed by atoms with E-state index in [1.165, 1.54) is 0 Å². The second-order valence-electron chi connectivity index (χ2n) is 3.67. The van der Waals surface area contributed by atoms with Crippen LogP contribution in [0.5, 0.6) is 0 Å². The quantitative estimate of drug-likeness (QED) is 0.801. The average molecular weight is 243 g/mol. The highest BCUT2D eigenvalue weighted by Crippen LogP contribution is 2.14. The van der Waals surface area contributed by atoms with Crippen molar-refractivity contribution in [2.75, 3.05) is 12.8 Å². The number of nitrogens with one attached hydrogen (secondary N) is 1. The maximum Gasteiger partial charge on any atom is 0.371 e. The molecule has 0 aromatic carbocycles. The Labute approximate surface area is 99.4 Å². The van der Waals surface area contributed by atoms with Crippen LogP contribution in [0.15, 0.2) is 10.5 Å². The maximum absolute atomic E-state index is 10.7. The molecule has 0 radical (unpaired) electrons. The third kappa shape index (κ3) is 3.57. The molecule has 1 unspecified atom stereocenters. The van der Waals surface area contributed by atoms with Crippen molar-refractivity contribution in [2.45, 2.75) is 25.6 Å². The fraction of sp³-hybridized carbons (Fsp3) is 0.545. The van der Waals surface area contributed by atoms with Crippen molar-refractivity contribution in [3.63, 3.8) is 0 Å². The molecule has 0 aliphatic heterocycles. The highest BCUT2D eigenvalue weighted by Gasteiger charge is 2.12. The van der Waals surface area contributed by atoms with Crippen LogP contribution in [0, 0.1) is 6.92 Å². The van der Waals surface area contributed by atoms with Crippen LogP contribution in [0.1, 0.15) is 28.8 Å². The number of furan rings is 1. The standard InChI is InChI=1S/C11H17NO3S/c1-7(16-3)5-12-6-9-4-10(11(13)14)15-8(9)2/h4,7,12H,5-6H2,1-3H3,(H,13,14). The minimum absolute atomic E-state index is 0.00668. The molecule has 1 aromatic rings. The van der Waals surface area contributed by atoms with Gasteiger partial charge in [-0.2, -0.15) is 11.8 Å². The largest absolute Gasteiger partial charge is 0.475 e. The molecule has 0 amide bonds. The summed E-state index contributed by atoms with van der Waals surface area (Å²) >= 11 is 1.79. The van der Waals surface area contributed by atoms with Crippen molar-refractivity contribution in [1.82, 2.24) is 5.32 Å². The average Bonchev–Trinajstić information content (AvgIpc) is 2.60. The van der Waals surface area contributed by atoms with Gasteiger partial charge in [-0.3, -0.25) is 0 Å². The highest BCUT2D eigenvalue weighted by molar-refractivity contribution is 7.99. The monoisotopic (exact) mass is 243 g/mol. The molecule has 16 heavy (non-hydrogen) atoms. The van der Waals surface area contributed by atoms with Crippen molar-refractivity contribution in [1.29, 1.82) is 0 Å². The molecule has 1 atom stereocenters. The lowest BCUT2D eigenvalue weighted by Crippen LogP contribution is -2.22. The van der Waals surface area contributed by atoms with E-state index in [9.17, 15) is 4.79 Å². The van der Waals surface area contributed by atoms with E-state index in [1.54, 1.807) is 24.8 Å². The number of hydrogen-bond acceptors (Lipinski definition) is 4. The first-order valence-corrected chi connectivity index (χ1v) is 6.39. The number of hydrogen-bond donors (Lipinski definition) is 2. The second-order valence-corrected chi connectivity index (χ2v) is 4.95. The van der Waals surface area contributed by atoms with E-state index in [-0.39, 0.29) is 5.76 Å². The molecule has 90 valence electrons. The van der Waals surface area contributed by atoms with E-state index >= 15 is 0 Å². The van der Waals surface area contributed by atoms with Gasteiger partial charge in [0.25, 0.3) is 0 Å². The molecule has 0 aliphatic rings. The number of carbonyl (C=O) groups is 1. The molecular weight excluding hydrogens is 226 g/mol. The summed E-state index contributed by atoms with van der Waals surface area (Å²) in [5.74, 6) is -0.347. The topological polar surface area (TPSA) is 62.5 Å². The molecule has 0 aliphatic carbocycles. The summed E-state index contributed by atoms with van der Waals surface area (Å²) in [7, 11) is 0.